The van der Waals surface area contributed by atoms with Crippen molar-refractivity contribution < 1.29 is 18.7 Å². The van der Waals surface area contributed by atoms with Crippen molar-refractivity contribution in [1.29, 1.82) is 0 Å². The molecule has 192 valence electrons. The van der Waals surface area contributed by atoms with Crippen LogP contribution in [-0.2, 0) is 13.0 Å². The van der Waals surface area contributed by atoms with E-state index in [2.05, 4.69) is 15.4 Å². The number of hydrogen-bond acceptors (Lipinski definition) is 5. The molecule has 0 saturated heterocycles. The first kappa shape index (κ1) is 26.1. The number of amides is 1. The third-order valence-corrected chi connectivity index (χ3v) is 6.47. The summed E-state index contributed by atoms with van der Waals surface area (Å²) in [5, 5.41) is 18.7. The molecule has 2 aromatic heterocycles. The van der Waals surface area contributed by atoms with Gasteiger partial charge in [-0.15, -0.1) is 0 Å². The summed E-state index contributed by atoms with van der Waals surface area (Å²) in [5.41, 5.74) is 11.0. The number of aryl methyl sites for hydroxylation is 1. The average Bonchev–Trinajstić information content (AvgIpc) is 3.09. The first-order valence-corrected chi connectivity index (χ1v) is 11.9. The summed E-state index contributed by atoms with van der Waals surface area (Å²) >= 11 is 0. The maximum atomic E-state index is 14.0. The van der Waals surface area contributed by atoms with Crippen LogP contribution in [0.15, 0.2) is 60.8 Å². The van der Waals surface area contributed by atoms with E-state index < -0.39 is 29.8 Å². The molecule has 0 aliphatic rings. The van der Waals surface area contributed by atoms with E-state index in [0.29, 0.717) is 27.9 Å². The van der Waals surface area contributed by atoms with E-state index in [0.717, 1.165) is 23.0 Å². The number of aliphatic hydroxyl groups is 1. The fourth-order valence-corrected chi connectivity index (χ4v) is 4.39. The Bertz CT molecular complexity index is 1420. The maximum absolute atomic E-state index is 14.0. The lowest BCUT2D eigenvalue weighted by Gasteiger charge is -2.25. The van der Waals surface area contributed by atoms with E-state index in [9.17, 15) is 18.7 Å². The number of carbonyl (C=O) groups is 1. The van der Waals surface area contributed by atoms with Crippen LogP contribution < -0.4 is 11.1 Å². The highest BCUT2D eigenvalue weighted by molar-refractivity contribution is 5.94. The molecule has 0 spiro atoms. The van der Waals surface area contributed by atoms with Crippen LogP contribution in [0.2, 0.25) is 0 Å². The molecule has 0 aliphatic carbocycles. The minimum absolute atomic E-state index is 0.140. The number of hydrogen-bond donors (Lipinski definition) is 3. The lowest BCUT2D eigenvalue weighted by molar-refractivity contribution is 0.0980. The molecular formula is C28H29F2N5O2. The van der Waals surface area contributed by atoms with Gasteiger partial charge in [0.2, 0.25) is 5.91 Å². The van der Waals surface area contributed by atoms with Crippen LogP contribution in [0.25, 0.3) is 11.1 Å². The molecule has 37 heavy (non-hydrogen) atoms. The summed E-state index contributed by atoms with van der Waals surface area (Å²) in [5.74, 6) is -1.95. The highest BCUT2D eigenvalue weighted by Crippen LogP contribution is 2.30. The van der Waals surface area contributed by atoms with Crippen LogP contribution in [0.4, 0.5) is 8.78 Å². The van der Waals surface area contributed by atoms with Gasteiger partial charge >= 0.3 is 0 Å². The number of aliphatic hydroxyl groups excluding tert-OH is 1. The summed E-state index contributed by atoms with van der Waals surface area (Å²) in [7, 11) is 0. The summed E-state index contributed by atoms with van der Waals surface area (Å²) in [6.07, 6.45) is 0.697. The molecule has 1 amide bonds. The number of halogens is 2. The van der Waals surface area contributed by atoms with Gasteiger partial charge < -0.3 is 10.8 Å². The van der Waals surface area contributed by atoms with Gasteiger partial charge in [-0.2, -0.15) is 5.10 Å². The maximum Gasteiger partial charge on any atom is 0.248 e. The van der Waals surface area contributed by atoms with E-state index in [4.69, 9.17) is 5.73 Å². The molecular weight excluding hydrogens is 476 g/mol. The molecule has 9 heteroatoms. The van der Waals surface area contributed by atoms with Gasteiger partial charge in [-0.25, -0.2) is 8.78 Å². The second kappa shape index (κ2) is 11.0. The summed E-state index contributed by atoms with van der Waals surface area (Å²) in [6.45, 7) is 5.96. The zero-order valence-corrected chi connectivity index (χ0v) is 20.9. The Morgan fingerprint density at radius 3 is 2.46 bits per heavy atom. The monoisotopic (exact) mass is 505 g/mol. The number of benzene rings is 2. The van der Waals surface area contributed by atoms with Crippen molar-refractivity contribution in [3.8, 4) is 11.1 Å². The molecule has 0 radical (unpaired) electrons. The molecule has 7 nitrogen and oxygen atoms in total. The lowest BCUT2D eigenvalue weighted by Crippen LogP contribution is -2.38. The fraction of sp³-hybridized carbons (Fsp3) is 0.250. The number of aromatic nitrogens is 3. The Hall–Kier alpha value is -3.95. The van der Waals surface area contributed by atoms with E-state index in [1.807, 2.05) is 32.9 Å². The summed E-state index contributed by atoms with van der Waals surface area (Å²) in [4.78, 5) is 16.3. The van der Waals surface area contributed by atoms with Gasteiger partial charge in [0.05, 0.1) is 24.0 Å². The second-order valence-corrected chi connectivity index (χ2v) is 9.08. The fourth-order valence-electron chi connectivity index (χ4n) is 4.39. The van der Waals surface area contributed by atoms with Gasteiger partial charge in [-0.3, -0.25) is 19.8 Å². The van der Waals surface area contributed by atoms with Gasteiger partial charge in [-0.05, 0) is 74.2 Å². The van der Waals surface area contributed by atoms with Crippen molar-refractivity contribution in [3.63, 3.8) is 0 Å². The van der Waals surface area contributed by atoms with Crippen molar-refractivity contribution in [2.45, 2.75) is 46.0 Å². The van der Waals surface area contributed by atoms with Gasteiger partial charge in [0.15, 0.2) is 0 Å². The molecule has 2 aromatic carbocycles. The number of nitrogens with two attached hydrogens (primary N) is 1. The van der Waals surface area contributed by atoms with E-state index >= 15 is 0 Å². The van der Waals surface area contributed by atoms with Crippen LogP contribution in [0.1, 0.15) is 44.6 Å². The van der Waals surface area contributed by atoms with Gasteiger partial charge in [0.25, 0.3) is 0 Å². The SMILES string of the molecule is Cc1nn(CC(O)NC(Cc2cc(F)cc(F)c2)c2ncccc2-c2cccc(C(N)=O)c2)c(C)c1C. The molecule has 4 aromatic rings. The number of pyridine rings is 1. The van der Waals surface area contributed by atoms with Crippen molar-refractivity contribution >= 4 is 5.91 Å². The van der Waals surface area contributed by atoms with E-state index in [1.165, 1.54) is 12.1 Å². The quantitative estimate of drug-likeness (QED) is 0.297. The summed E-state index contributed by atoms with van der Waals surface area (Å²) < 4.78 is 29.7. The Labute approximate surface area is 214 Å². The second-order valence-electron chi connectivity index (χ2n) is 9.08. The normalized spacial score (nSPS) is 12.9. The Balaban J connectivity index is 1.72. The molecule has 0 fully saturated rings. The molecule has 0 saturated carbocycles. The highest BCUT2D eigenvalue weighted by atomic mass is 19.1. The van der Waals surface area contributed by atoms with Crippen LogP contribution in [0.3, 0.4) is 0 Å². The zero-order valence-electron chi connectivity index (χ0n) is 20.9. The van der Waals surface area contributed by atoms with Crippen LogP contribution in [0, 0.1) is 32.4 Å². The van der Waals surface area contributed by atoms with E-state index in [-0.39, 0.29) is 13.0 Å². The highest BCUT2D eigenvalue weighted by Gasteiger charge is 2.23. The molecule has 2 atom stereocenters. The Kier molecular flexibility index (Phi) is 7.75. The minimum atomic E-state index is -1.05. The number of carbonyl (C=O) groups excluding carboxylic acids is 1. The van der Waals surface area contributed by atoms with Gasteiger partial charge in [0, 0.05) is 29.1 Å². The van der Waals surface area contributed by atoms with Crippen LogP contribution >= 0.6 is 0 Å². The third-order valence-electron chi connectivity index (χ3n) is 6.47. The Morgan fingerprint density at radius 1 is 1.08 bits per heavy atom. The third kappa shape index (κ3) is 6.07. The number of nitrogens with zero attached hydrogens (tertiary/aromatic N) is 3. The topological polar surface area (TPSA) is 106 Å². The molecule has 2 unspecified atom stereocenters. The first-order valence-electron chi connectivity index (χ1n) is 11.9. The van der Waals surface area contributed by atoms with Crippen molar-refractivity contribution in [3.05, 3.63) is 106 Å². The molecule has 0 bridgehead atoms. The van der Waals surface area contributed by atoms with Crippen LogP contribution in [-0.4, -0.2) is 32.0 Å². The molecule has 4 N–H and O–H groups in total. The largest absolute Gasteiger partial charge is 0.377 e. The van der Waals surface area contributed by atoms with Gasteiger partial charge in [0.1, 0.15) is 17.9 Å². The van der Waals surface area contributed by atoms with Gasteiger partial charge in [-0.1, -0.05) is 18.2 Å². The summed E-state index contributed by atoms with van der Waals surface area (Å²) in [6, 6.07) is 13.1. The zero-order chi connectivity index (χ0) is 26.7. The number of nitrogens with one attached hydrogen (secondary N) is 1. The van der Waals surface area contributed by atoms with Crippen molar-refractivity contribution in [2.75, 3.05) is 0 Å². The lowest BCUT2D eigenvalue weighted by atomic mass is 9.94. The molecule has 2 heterocycles. The predicted octanol–water partition coefficient (Wildman–Crippen LogP) is 4.14. The predicted molar refractivity (Wildman–Crippen MR) is 137 cm³/mol. The van der Waals surface area contributed by atoms with Crippen LogP contribution in [0.5, 0.6) is 0 Å². The van der Waals surface area contributed by atoms with Crippen molar-refractivity contribution in [1.82, 2.24) is 20.1 Å². The Morgan fingerprint density at radius 2 is 1.81 bits per heavy atom. The minimum Gasteiger partial charge on any atom is -0.377 e. The first-order chi connectivity index (χ1) is 17.6. The van der Waals surface area contributed by atoms with E-state index in [1.54, 1.807) is 35.1 Å². The standard InChI is InChI=1S/C28H29F2N5O2/c1-16-17(2)34-35(18(16)3)15-26(36)33-25(12-19-10-22(29)14-23(30)11-19)27-24(8-5-9-32-27)20-6-4-7-21(13-20)28(31)37/h4-11,13-14,25-26,33,36H,12,15H2,1-3H3,(H2,31,37). The number of rotatable bonds is 9. The molecule has 0 aliphatic heterocycles. The van der Waals surface area contributed by atoms with Crippen molar-refractivity contribution in [2.24, 2.45) is 5.73 Å². The number of primary amides is 1. The average molecular weight is 506 g/mol. The molecule has 4 rings (SSSR count). The smallest absolute Gasteiger partial charge is 0.248 e.